The second kappa shape index (κ2) is 4.84. The highest BCUT2D eigenvalue weighted by Gasteiger charge is 2.25. The Labute approximate surface area is 91.8 Å². The van der Waals surface area contributed by atoms with E-state index in [4.69, 9.17) is 4.74 Å². The Morgan fingerprint density at radius 3 is 2.67 bits per heavy atom. The lowest BCUT2D eigenvalue weighted by atomic mass is 9.95. The molecule has 4 nitrogen and oxygen atoms in total. The van der Waals surface area contributed by atoms with Gasteiger partial charge in [0, 0.05) is 12.6 Å². The standard InChI is InChI=1S/C11H22N2O2/c1-8-5-6-12-7-9(8)13-10(14)15-11(2,3)4/h8-9,12H,5-7H2,1-4H3,(H,13,14)/t8-,9-/m0/s1. The summed E-state index contributed by atoms with van der Waals surface area (Å²) in [6, 6.07) is 0.189. The van der Waals surface area contributed by atoms with E-state index >= 15 is 0 Å². The van der Waals surface area contributed by atoms with Crippen LogP contribution in [0.3, 0.4) is 0 Å². The van der Waals surface area contributed by atoms with Crippen molar-refractivity contribution in [3.05, 3.63) is 0 Å². The van der Waals surface area contributed by atoms with Crippen molar-refractivity contribution in [2.75, 3.05) is 13.1 Å². The summed E-state index contributed by atoms with van der Waals surface area (Å²) in [6.07, 6.45) is 0.781. The fraction of sp³-hybridized carbons (Fsp3) is 0.909. The molecule has 0 unspecified atom stereocenters. The van der Waals surface area contributed by atoms with Gasteiger partial charge in [0.25, 0.3) is 0 Å². The Bertz CT molecular complexity index is 223. The summed E-state index contributed by atoms with van der Waals surface area (Å²) in [5.41, 5.74) is -0.421. The molecule has 1 rings (SSSR count). The van der Waals surface area contributed by atoms with E-state index in [0.29, 0.717) is 5.92 Å². The third-order valence-corrected chi connectivity index (χ3v) is 2.53. The van der Waals surface area contributed by atoms with Gasteiger partial charge in [-0.25, -0.2) is 4.79 Å². The van der Waals surface area contributed by atoms with Crippen LogP contribution in [0.25, 0.3) is 0 Å². The zero-order valence-electron chi connectivity index (χ0n) is 10.1. The van der Waals surface area contributed by atoms with Crippen LogP contribution in [-0.4, -0.2) is 30.8 Å². The van der Waals surface area contributed by atoms with Gasteiger partial charge in [0.2, 0.25) is 0 Å². The van der Waals surface area contributed by atoms with Crippen molar-refractivity contribution in [3.8, 4) is 0 Å². The zero-order valence-corrected chi connectivity index (χ0v) is 10.1. The van der Waals surface area contributed by atoms with Crippen molar-refractivity contribution in [2.45, 2.75) is 45.8 Å². The first-order chi connectivity index (χ1) is 6.88. The molecule has 1 fully saturated rings. The predicted molar refractivity (Wildman–Crippen MR) is 59.8 cm³/mol. The third-order valence-electron chi connectivity index (χ3n) is 2.53. The van der Waals surface area contributed by atoms with Gasteiger partial charge in [0.05, 0.1) is 0 Å². The number of nitrogens with one attached hydrogen (secondary N) is 2. The van der Waals surface area contributed by atoms with Crippen LogP contribution < -0.4 is 10.6 Å². The van der Waals surface area contributed by atoms with E-state index in [1.165, 1.54) is 0 Å². The van der Waals surface area contributed by atoms with E-state index in [1.54, 1.807) is 0 Å². The topological polar surface area (TPSA) is 50.4 Å². The Morgan fingerprint density at radius 2 is 2.13 bits per heavy atom. The van der Waals surface area contributed by atoms with Crippen LogP contribution in [-0.2, 0) is 4.74 Å². The van der Waals surface area contributed by atoms with Crippen LogP contribution in [0, 0.1) is 5.92 Å². The molecule has 2 N–H and O–H groups in total. The van der Waals surface area contributed by atoms with E-state index < -0.39 is 5.60 Å². The summed E-state index contributed by atoms with van der Waals surface area (Å²) < 4.78 is 5.21. The van der Waals surface area contributed by atoms with Crippen LogP contribution in [0.1, 0.15) is 34.1 Å². The van der Waals surface area contributed by atoms with E-state index in [9.17, 15) is 4.79 Å². The summed E-state index contributed by atoms with van der Waals surface area (Å²) in [5, 5.41) is 6.16. The van der Waals surface area contributed by atoms with Crippen molar-refractivity contribution < 1.29 is 9.53 Å². The Morgan fingerprint density at radius 1 is 1.47 bits per heavy atom. The smallest absolute Gasteiger partial charge is 0.407 e. The Balaban J connectivity index is 2.36. The minimum absolute atomic E-state index is 0.189. The van der Waals surface area contributed by atoms with Gasteiger partial charge >= 0.3 is 6.09 Å². The molecule has 1 heterocycles. The number of ether oxygens (including phenoxy) is 1. The minimum atomic E-state index is -0.421. The van der Waals surface area contributed by atoms with E-state index in [-0.39, 0.29) is 12.1 Å². The molecule has 1 aliphatic rings. The van der Waals surface area contributed by atoms with Crippen molar-refractivity contribution in [1.82, 2.24) is 10.6 Å². The number of rotatable bonds is 1. The van der Waals surface area contributed by atoms with E-state index in [0.717, 1.165) is 19.5 Å². The highest BCUT2D eigenvalue weighted by Crippen LogP contribution is 2.12. The number of hydrogen-bond donors (Lipinski definition) is 2. The van der Waals surface area contributed by atoms with E-state index in [2.05, 4.69) is 17.6 Å². The summed E-state index contributed by atoms with van der Waals surface area (Å²) in [6.45, 7) is 9.64. The van der Waals surface area contributed by atoms with Gasteiger partial charge in [-0.15, -0.1) is 0 Å². The molecule has 88 valence electrons. The third kappa shape index (κ3) is 4.51. The fourth-order valence-electron chi connectivity index (χ4n) is 1.64. The number of amides is 1. The maximum absolute atomic E-state index is 11.5. The normalized spacial score (nSPS) is 27.2. The van der Waals surface area contributed by atoms with Gasteiger partial charge in [-0.3, -0.25) is 0 Å². The van der Waals surface area contributed by atoms with Gasteiger partial charge in [0.1, 0.15) is 5.60 Å². The zero-order chi connectivity index (χ0) is 11.5. The van der Waals surface area contributed by atoms with Crippen LogP contribution >= 0.6 is 0 Å². The lowest BCUT2D eigenvalue weighted by molar-refractivity contribution is 0.0479. The van der Waals surface area contributed by atoms with Crippen molar-refractivity contribution in [3.63, 3.8) is 0 Å². The summed E-state index contributed by atoms with van der Waals surface area (Å²) in [4.78, 5) is 11.5. The molecule has 1 saturated heterocycles. The molecule has 0 spiro atoms. The SMILES string of the molecule is C[C@H]1CCNC[C@@H]1NC(=O)OC(C)(C)C. The number of piperidine rings is 1. The molecule has 2 atom stereocenters. The predicted octanol–water partition coefficient (Wildman–Crippen LogP) is 1.51. The molecular formula is C11H22N2O2. The lowest BCUT2D eigenvalue weighted by Gasteiger charge is -2.31. The Hall–Kier alpha value is -0.770. The second-order valence-electron chi connectivity index (χ2n) is 5.22. The maximum Gasteiger partial charge on any atom is 0.407 e. The van der Waals surface area contributed by atoms with Gasteiger partial charge in [0.15, 0.2) is 0 Å². The highest BCUT2D eigenvalue weighted by molar-refractivity contribution is 5.68. The average Bonchev–Trinajstić information content (AvgIpc) is 2.05. The maximum atomic E-state index is 11.5. The van der Waals surface area contributed by atoms with Crippen LogP contribution in [0.5, 0.6) is 0 Å². The first-order valence-corrected chi connectivity index (χ1v) is 5.59. The van der Waals surface area contributed by atoms with Crippen LogP contribution in [0.4, 0.5) is 4.79 Å². The van der Waals surface area contributed by atoms with Crippen molar-refractivity contribution in [1.29, 1.82) is 0 Å². The average molecular weight is 214 g/mol. The highest BCUT2D eigenvalue weighted by atomic mass is 16.6. The minimum Gasteiger partial charge on any atom is -0.444 e. The molecule has 4 heteroatoms. The fourth-order valence-corrected chi connectivity index (χ4v) is 1.64. The van der Waals surface area contributed by atoms with Gasteiger partial charge < -0.3 is 15.4 Å². The second-order valence-corrected chi connectivity index (χ2v) is 5.22. The molecule has 0 aromatic heterocycles. The molecule has 15 heavy (non-hydrogen) atoms. The molecule has 0 bridgehead atoms. The molecule has 1 amide bonds. The Kier molecular flexibility index (Phi) is 3.97. The number of carbonyl (C=O) groups excluding carboxylic acids is 1. The summed E-state index contributed by atoms with van der Waals surface area (Å²) >= 11 is 0. The number of alkyl carbamates (subject to hydrolysis) is 1. The van der Waals surface area contributed by atoms with Gasteiger partial charge in [-0.1, -0.05) is 6.92 Å². The molecule has 0 aliphatic carbocycles. The lowest BCUT2D eigenvalue weighted by Crippen LogP contribution is -2.51. The molecule has 0 radical (unpaired) electrons. The van der Waals surface area contributed by atoms with Crippen LogP contribution in [0.2, 0.25) is 0 Å². The first kappa shape index (κ1) is 12.3. The monoisotopic (exact) mass is 214 g/mol. The molecule has 1 aliphatic heterocycles. The van der Waals surface area contributed by atoms with Crippen molar-refractivity contribution in [2.24, 2.45) is 5.92 Å². The molecule has 0 aromatic rings. The molecule has 0 aromatic carbocycles. The summed E-state index contributed by atoms with van der Waals surface area (Å²) in [5.74, 6) is 0.513. The van der Waals surface area contributed by atoms with Crippen molar-refractivity contribution >= 4 is 6.09 Å². The van der Waals surface area contributed by atoms with Gasteiger partial charge in [-0.05, 0) is 39.7 Å². The van der Waals surface area contributed by atoms with Gasteiger partial charge in [-0.2, -0.15) is 0 Å². The summed E-state index contributed by atoms with van der Waals surface area (Å²) in [7, 11) is 0. The number of carbonyl (C=O) groups is 1. The first-order valence-electron chi connectivity index (χ1n) is 5.59. The number of hydrogen-bond acceptors (Lipinski definition) is 3. The largest absolute Gasteiger partial charge is 0.444 e. The van der Waals surface area contributed by atoms with Crippen LogP contribution in [0.15, 0.2) is 0 Å². The molecule has 0 saturated carbocycles. The van der Waals surface area contributed by atoms with E-state index in [1.807, 2.05) is 20.8 Å². The molecular weight excluding hydrogens is 192 g/mol. The quantitative estimate of drug-likeness (QED) is 0.695.